The Morgan fingerprint density at radius 2 is 2.06 bits per heavy atom. The Morgan fingerprint density at radius 3 is 2.78 bits per heavy atom. The van der Waals surface area contributed by atoms with Gasteiger partial charge < -0.3 is 20.3 Å². The predicted octanol–water partition coefficient (Wildman–Crippen LogP) is 4.09. The Labute approximate surface area is 212 Å². The van der Waals surface area contributed by atoms with Crippen molar-refractivity contribution in [3.05, 3.63) is 40.5 Å². The molecule has 4 rings (SSSR count). The molecule has 0 aromatic carbocycles. The van der Waals surface area contributed by atoms with E-state index in [2.05, 4.69) is 30.6 Å². The van der Waals surface area contributed by atoms with Crippen molar-refractivity contribution < 1.29 is 18.7 Å². The van der Waals surface area contributed by atoms with E-state index in [4.69, 9.17) is 4.74 Å². The van der Waals surface area contributed by atoms with Crippen molar-refractivity contribution in [1.82, 2.24) is 30.2 Å². The number of hydrogen-bond acceptors (Lipinski definition) is 9. The maximum Gasteiger partial charge on any atom is 0.407 e. The highest BCUT2D eigenvalue weighted by Crippen LogP contribution is 2.28. The van der Waals surface area contributed by atoms with E-state index in [1.807, 2.05) is 34.6 Å². The van der Waals surface area contributed by atoms with Gasteiger partial charge in [0, 0.05) is 25.8 Å². The monoisotopic (exact) mass is 515 g/mol. The zero-order valence-electron chi connectivity index (χ0n) is 21.0. The van der Waals surface area contributed by atoms with Crippen LogP contribution in [0, 0.1) is 18.7 Å². The van der Waals surface area contributed by atoms with Crippen molar-refractivity contribution in [2.75, 3.05) is 25.0 Å². The van der Waals surface area contributed by atoms with Crippen molar-refractivity contribution in [2.24, 2.45) is 5.92 Å². The minimum Gasteiger partial charge on any atom is -0.444 e. The van der Waals surface area contributed by atoms with Gasteiger partial charge in [-0.25, -0.2) is 19.2 Å². The van der Waals surface area contributed by atoms with E-state index in [1.165, 1.54) is 17.4 Å². The largest absolute Gasteiger partial charge is 0.444 e. The van der Waals surface area contributed by atoms with Crippen molar-refractivity contribution in [1.29, 1.82) is 0 Å². The van der Waals surface area contributed by atoms with Crippen molar-refractivity contribution in [3.63, 3.8) is 0 Å². The van der Waals surface area contributed by atoms with E-state index in [9.17, 15) is 14.0 Å². The molecule has 0 radical (unpaired) electrons. The number of nitrogens with one attached hydrogen (secondary N) is 2. The highest BCUT2D eigenvalue weighted by molar-refractivity contribution is 7.18. The number of carbonyl (C=O) groups is 2. The summed E-state index contributed by atoms with van der Waals surface area (Å²) in [6.45, 7) is 10.6. The number of aromatic nitrogens is 4. The van der Waals surface area contributed by atoms with Gasteiger partial charge in [-0.3, -0.25) is 9.78 Å². The third-order valence-corrected chi connectivity index (χ3v) is 6.61. The molecule has 2 atom stereocenters. The first-order chi connectivity index (χ1) is 17.0. The van der Waals surface area contributed by atoms with E-state index >= 15 is 0 Å². The smallest absolute Gasteiger partial charge is 0.407 e. The second kappa shape index (κ2) is 10.3. The van der Waals surface area contributed by atoms with E-state index in [0.717, 1.165) is 17.6 Å². The van der Waals surface area contributed by atoms with Crippen molar-refractivity contribution in [3.8, 4) is 0 Å². The average molecular weight is 516 g/mol. The molecule has 4 heterocycles. The van der Waals surface area contributed by atoms with E-state index in [0.29, 0.717) is 35.5 Å². The fourth-order valence-electron chi connectivity index (χ4n) is 3.95. The van der Waals surface area contributed by atoms with Crippen LogP contribution in [0.5, 0.6) is 0 Å². The molecule has 1 aliphatic heterocycles. The number of amides is 2. The van der Waals surface area contributed by atoms with Crippen LogP contribution in [0.3, 0.4) is 0 Å². The molecule has 0 bridgehead atoms. The Kier molecular flexibility index (Phi) is 7.34. The normalized spacial score (nSPS) is 16.7. The standard InChI is InChI=1S/C24H30FN7O3S/c1-13(16-8-17(25)11-26-10-16)28-22-30-18(19-20(31-22)29-14(2)36-19)21(33)32-7-6-15(12-32)9-27-23(34)35-24(3,4)5/h8,10-11,13,15H,6-7,9,12H2,1-5H3,(H,27,34)(H,28,30,31). The minimum absolute atomic E-state index is 0.111. The number of hydrogen-bond donors (Lipinski definition) is 2. The average Bonchev–Trinajstić information content (AvgIpc) is 3.41. The van der Waals surface area contributed by atoms with Gasteiger partial charge in [0.15, 0.2) is 11.3 Å². The number of alkyl carbamates (subject to hydrolysis) is 1. The highest BCUT2D eigenvalue weighted by atomic mass is 32.1. The lowest BCUT2D eigenvalue weighted by atomic mass is 10.1. The molecule has 0 spiro atoms. The lowest BCUT2D eigenvalue weighted by Crippen LogP contribution is -2.36. The summed E-state index contributed by atoms with van der Waals surface area (Å²) in [5.41, 5.74) is 0.770. The molecule has 1 fully saturated rings. The first-order valence-electron chi connectivity index (χ1n) is 11.8. The minimum atomic E-state index is -0.568. The SMILES string of the molecule is Cc1nc2nc(NC(C)c3cncc(F)c3)nc(C(=O)N3CCC(CNC(=O)OC(C)(C)C)C3)c2s1. The molecule has 12 heteroatoms. The predicted molar refractivity (Wildman–Crippen MR) is 134 cm³/mol. The number of aryl methyl sites for hydroxylation is 1. The third kappa shape index (κ3) is 6.23. The highest BCUT2D eigenvalue weighted by Gasteiger charge is 2.31. The molecule has 1 aliphatic rings. The number of rotatable bonds is 6. The van der Waals surface area contributed by atoms with Crippen molar-refractivity contribution >= 4 is 39.6 Å². The lowest BCUT2D eigenvalue weighted by Gasteiger charge is -2.21. The quantitative estimate of drug-likeness (QED) is 0.503. The van der Waals surface area contributed by atoms with Crippen LogP contribution in [0.15, 0.2) is 18.5 Å². The van der Waals surface area contributed by atoms with E-state index < -0.39 is 17.5 Å². The first-order valence-corrected chi connectivity index (χ1v) is 12.6. The van der Waals surface area contributed by atoms with Crippen LogP contribution in [0.1, 0.15) is 61.2 Å². The molecule has 192 valence electrons. The number of fused-ring (bicyclic) bond motifs is 1. The Morgan fingerprint density at radius 1 is 1.28 bits per heavy atom. The fraction of sp³-hybridized carbons (Fsp3) is 0.500. The summed E-state index contributed by atoms with van der Waals surface area (Å²) in [5.74, 6) is -0.308. The number of thiazole rings is 1. The van der Waals surface area contributed by atoms with Gasteiger partial charge in [-0.05, 0) is 58.6 Å². The maximum absolute atomic E-state index is 13.6. The van der Waals surface area contributed by atoms with Gasteiger partial charge in [0.25, 0.3) is 5.91 Å². The lowest BCUT2D eigenvalue weighted by molar-refractivity contribution is 0.0520. The van der Waals surface area contributed by atoms with Crippen LogP contribution in [0.4, 0.5) is 15.1 Å². The van der Waals surface area contributed by atoms with Crippen LogP contribution in [0.2, 0.25) is 0 Å². The molecule has 36 heavy (non-hydrogen) atoms. The number of nitrogens with zero attached hydrogens (tertiary/aromatic N) is 5. The second-order valence-corrected chi connectivity index (χ2v) is 11.1. The molecule has 0 saturated carbocycles. The molecule has 3 aromatic heterocycles. The molecule has 2 N–H and O–H groups in total. The second-order valence-electron chi connectivity index (χ2n) is 9.87. The van der Waals surface area contributed by atoms with E-state index in [1.54, 1.807) is 11.1 Å². The molecule has 10 nitrogen and oxygen atoms in total. The summed E-state index contributed by atoms with van der Waals surface area (Å²) >= 11 is 1.37. The summed E-state index contributed by atoms with van der Waals surface area (Å²) in [5, 5.41) is 6.70. The summed E-state index contributed by atoms with van der Waals surface area (Å²) in [7, 11) is 0. The molecule has 2 amide bonds. The Hall–Kier alpha value is -3.41. The van der Waals surface area contributed by atoms with Gasteiger partial charge in [0.1, 0.15) is 16.1 Å². The van der Waals surface area contributed by atoms with Gasteiger partial charge >= 0.3 is 6.09 Å². The summed E-state index contributed by atoms with van der Waals surface area (Å²) in [6, 6.07) is 1.04. The zero-order chi connectivity index (χ0) is 26.0. The van der Waals surface area contributed by atoms with Crippen LogP contribution >= 0.6 is 11.3 Å². The molecular weight excluding hydrogens is 485 g/mol. The topological polar surface area (TPSA) is 122 Å². The summed E-state index contributed by atoms with van der Waals surface area (Å²) < 4.78 is 19.5. The number of halogens is 1. The third-order valence-electron chi connectivity index (χ3n) is 5.64. The fourth-order valence-corrected chi connectivity index (χ4v) is 4.79. The number of likely N-dealkylation sites (tertiary alicyclic amines) is 1. The van der Waals surface area contributed by atoms with Gasteiger partial charge in [0.05, 0.1) is 17.2 Å². The number of pyridine rings is 1. The first kappa shape index (κ1) is 25.7. The van der Waals surface area contributed by atoms with E-state index in [-0.39, 0.29) is 29.5 Å². The number of anilines is 1. The van der Waals surface area contributed by atoms with Crippen LogP contribution in [-0.4, -0.2) is 62.1 Å². The molecule has 0 aliphatic carbocycles. The maximum atomic E-state index is 13.6. The van der Waals surface area contributed by atoms with Gasteiger partial charge in [0.2, 0.25) is 5.95 Å². The van der Waals surface area contributed by atoms with Gasteiger partial charge in [-0.15, -0.1) is 11.3 Å². The van der Waals surface area contributed by atoms with Crippen LogP contribution in [0.25, 0.3) is 10.3 Å². The molecule has 1 saturated heterocycles. The number of carbonyl (C=O) groups excluding carboxylic acids is 2. The van der Waals surface area contributed by atoms with Gasteiger partial charge in [-0.1, -0.05) is 0 Å². The Bertz CT molecular complexity index is 1280. The van der Waals surface area contributed by atoms with Crippen LogP contribution in [-0.2, 0) is 4.74 Å². The zero-order valence-corrected chi connectivity index (χ0v) is 21.8. The summed E-state index contributed by atoms with van der Waals surface area (Å²) in [4.78, 5) is 44.6. The number of ether oxygens (including phenoxy) is 1. The van der Waals surface area contributed by atoms with Crippen molar-refractivity contribution in [2.45, 2.75) is 52.7 Å². The molecular formula is C24H30FN7O3S. The Balaban J connectivity index is 1.48. The summed E-state index contributed by atoms with van der Waals surface area (Å²) in [6.07, 6.45) is 2.99. The van der Waals surface area contributed by atoms with Gasteiger partial charge in [-0.2, -0.15) is 4.98 Å². The molecule has 3 aromatic rings. The van der Waals surface area contributed by atoms with Crippen LogP contribution < -0.4 is 10.6 Å². The molecule has 2 unspecified atom stereocenters.